The van der Waals surface area contributed by atoms with Gasteiger partial charge in [-0.3, -0.25) is 4.79 Å². The van der Waals surface area contributed by atoms with Crippen molar-refractivity contribution in [2.24, 2.45) is 0 Å². The molecule has 25 heavy (non-hydrogen) atoms. The third kappa shape index (κ3) is 5.14. The van der Waals surface area contributed by atoms with Crippen molar-refractivity contribution >= 4 is 34.3 Å². The first-order chi connectivity index (χ1) is 12.2. The lowest BCUT2D eigenvalue weighted by Crippen LogP contribution is -2.29. The van der Waals surface area contributed by atoms with Gasteiger partial charge in [0.25, 0.3) is 0 Å². The molecule has 0 aliphatic carbocycles. The maximum atomic E-state index is 12.1. The standard InChI is InChI=1S/C19H21N3OS2/c1-22(16-7-3-2-4-8-16)11-6-10-20-18(23)13-15-14-25-19(21-15)17-9-5-12-24-17/h2-5,7-9,12,14H,6,10-11,13H2,1H3,(H,20,23). The summed E-state index contributed by atoms with van der Waals surface area (Å²) in [5.74, 6) is 0.0328. The maximum absolute atomic E-state index is 12.1. The fourth-order valence-electron chi connectivity index (χ4n) is 2.48. The molecule has 0 saturated heterocycles. The number of nitrogens with one attached hydrogen (secondary N) is 1. The van der Waals surface area contributed by atoms with Gasteiger partial charge in [-0.15, -0.1) is 22.7 Å². The number of hydrogen-bond donors (Lipinski definition) is 1. The minimum atomic E-state index is 0.0328. The van der Waals surface area contributed by atoms with Crippen LogP contribution in [0.2, 0.25) is 0 Å². The van der Waals surface area contributed by atoms with Crippen molar-refractivity contribution in [3.8, 4) is 9.88 Å². The van der Waals surface area contributed by atoms with Crippen molar-refractivity contribution in [1.82, 2.24) is 10.3 Å². The van der Waals surface area contributed by atoms with Gasteiger partial charge < -0.3 is 10.2 Å². The van der Waals surface area contributed by atoms with Crippen LogP contribution < -0.4 is 10.2 Å². The Morgan fingerprint density at radius 3 is 2.76 bits per heavy atom. The fourth-order valence-corrected chi connectivity index (χ4v) is 4.12. The van der Waals surface area contributed by atoms with Crippen LogP contribution in [-0.2, 0) is 11.2 Å². The van der Waals surface area contributed by atoms with E-state index in [0.29, 0.717) is 13.0 Å². The Bertz CT molecular complexity index is 784. The average Bonchev–Trinajstić information content (AvgIpc) is 3.31. The highest BCUT2D eigenvalue weighted by Gasteiger charge is 2.09. The molecule has 3 aromatic rings. The smallest absolute Gasteiger partial charge is 0.226 e. The van der Waals surface area contributed by atoms with E-state index in [-0.39, 0.29) is 5.91 Å². The lowest BCUT2D eigenvalue weighted by Gasteiger charge is -2.19. The number of thiazole rings is 1. The molecular formula is C19H21N3OS2. The number of carbonyl (C=O) groups excluding carboxylic acids is 1. The Morgan fingerprint density at radius 2 is 2.00 bits per heavy atom. The number of nitrogens with zero attached hydrogens (tertiary/aromatic N) is 2. The van der Waals surface area contributed by atoms with Crippen LogP contribution in [-0.4, -0.2) is 31.0 Å². The molecule has 6 heteroatoms. The summed E-state index contributed by atoms with van der Waals surface area (Å²) < 4.78 is 0. The second-order valence-corrected chi connectivity index (χ2v) is 7.56. The molecule has 0 spiro atoms. The summed E-state index contributed by atoms with van der Waals surface area (Å²) >= 11 is 3.26. The number of anilines is 1. The van der Waals surface area contributed by atoms with E-state index in [1.54, 1.807) is 22.7 Å². The van der Waals surface area contributed by atoms with Gasteiger partial charge in [0, 0.05) is 31.2 Å². The zero-order valence-electron chi connectivity index (χ0n) is 14.1. The molecule has 1 amide bonds. The molecule has 3 rings (SSSR count). The number of benzene rings is 1. The molecule has 0 fully saturated rings. The van der Waals surface area contributed by atoms with Crippen molar-refractivity contribution in [1.29, 1.82) is 0 Å². The third-order valence-electron chi connectivity index (χ3n) is 3.81. The van der Waals surface area contributed by atoms with Crippen LogP contribution in [0.1, 0.15) is 12.1 Å². The number of rotatable bonds is 8. The Labute approximate surface area is 156 Å². The van der Waals surface area contributed by atoms with Crippen LogP contribution in [0.15, 0.2) is 53.2 Å². The van der Waals surface area contributed by atoms with Crippen LogP contribution >= 0.6 is 22.7 Å². The lowest BCUT2D eigenvalue weighted by molar-refractivity contribution is -0.120. The topological polar surface area (TPSA) is 45.2 Å². The summed E-state index contributed by atoms with van der Waals surface area (Å²) in [5, 5.41) is 7.98. The monoisotopic (exact) mass is 371 g/mol. The highest BCUT2D eigenvalue weighted by atomic mass is 32.1. The van der Waals surface area contributed by atoms with E-state index in [1.165, 1.54) is 5.69 Å². The quantitative estimate of drug-likeness (QED) is 0.608. The fraction of sp³-hybridized carbons (Fsp3) is 0.263. The molecule has 130 valence electrons. The van der Waals surface area contributed by atoms with E-state index in [4.69, 9.17) is 0 Å². The average molecular weight is 372 g/mol. The number of para-hydroxylation sites is 1. The predicted molar refractivity (Wildman–Crippen MR) is 106 cm³/mol. The van der Waals surface area contributed by atoms with Crippen molar-refractivity contribution in [2.45, 2.75) is 12.8 Å². The van der Waals surface area contributed by atoms with Gasteiger partial charge in [0.15, 0.2) is 0 Å². The molecule has 0 aliphatic rings. The Morgan fingerprint density at radius 1 is 1.16 bits per heavy atom. The van der Waals surface area contributed by atoms with Gasteiger partial charge in [0.2, 0.25) is 5.91 Å². The minimum Gasteiger partial charge on any atom is -0.375 e. The zero-order chi connectivity index (χ0) is 17.5. The second-order valence-electron chi connectivity index (χ2n) is 5.76. The summed E-state index contributed by atoms with van der Waals surface area (Å²) in [6.45, 7) is 1.58. The second kappa shape index (κ2) is 8.78. The number of aromatic nitrogens is 1. The van der Waals surface area contributed by atoms with Crippen LogP contribution in [0, 0.1) is 0 Å². The van der Waals surface area contributed by atoms with Crippen LogP contribution in [0.5, 0.6) is 0 Å². The molecule has 2 heterocycles. The molecule has 0 radical (unpaired) electrons. The van der Waals surface area contributed by atoms with E-state index in [0.717, 1.165) is 28.5 Å². The molecule has 0 unspecified atom stereocenters. The molecule has 0 atom stereocenters. The Balaban J connectivity index is 1.38. The van der Waals surface area contributed by atoms with Gasteiger partial charge in [0.05, 0.1) is 17.0 Å². The summed E-state index contributed by atoms with van der Waals surface area (Å²) in [6, 6.07) is 14.3. The molecular weight excluding hydrogens is 350 g/mol. The van der Waals surface area contributed by atoms with E-state index in [1.807, 2.05) is 35.0 Å². The van der Waals surface area contributed by atoms with Gasteiger partial charge >= 0.3 is 0 Å². The van der Waals surface area contributed by atoms with Gasteiger partial charge in [-0.2, -0.15) is 0 Å². The van der Waals surface area contributed by atoms with E-state index in [2.05, 4.69) is 40.4 Å². The molecule has 2 aromatic heterocycles. The summed E-state index contributed by atoms with van der Waals surface area (Å²) in [6.07, 6.45) is 1.26. The lowest BCUT2D eigenvalue weighted by atomic mass is 10.2. The number of hydrogen-bond acceptors (Lipinski definition) is 5. The third-order valence-corrected chi connectivity index (χ3v) is 5.74. The van der Waals surface area contributed by atoms with Gasteiger partial charge in [-0.1, -0.05) is 24.3 Å². The number of amides is 1. The van der Waals surface area contributed by atoms with Crippen molar-refractivity contribution in [3.63, 3.8) is 0 Å². The molecule has 0 saturated carbocycles. The number of carbonyl (C=O) groups is 1. The first-order valence-corrected chi connectivity index (χ1v) is 9.99. The highest BCUT2D eigenvalue weighted by molar-refractivity contribution is 7.20. The zero-order valence-corrected chi connectivity index (χ0v) is 15.8. The van der Waals surface area contributed by atoms with Crippen molar-refractivity contribution < 1.29 is 4.79 Å². The van der Waals surface area contributed by atoms with Crippen molar-refractivity contribution in [3.05, 3.63) is 58.9 Å². The summed E-state index contributed by atoms with van der Waals surface area (Å²) in [5.41, 5.74) is 2.03. The Kier molecular flexibility index (Phi) is 6.19. The van der Waals surface area contributed by atoms with Gasteiger partial charge in [0.1, 0.15) is 5.01 Å². The normalized spacial score (nSPS) is 10.6. The minimum absolute atomic E-state index is 0.0328. The van der Waals surface area contributed by atoms with Gasteiger partial charge in [-0.25, -0.2) is 4.98 Å². The number of thiophene rings is 1. The predicted octanol–water partition coefficient (Wildman–Crippen LogP) is 4.06. The molecule has 0 aliphatic heterocycles. The van der Waals surface area contributed by atoms with Crippen LogP contribution in [0.4, 0.5) is 5.69 Å². The Hall–Kier alpha value is -2.18. The SMILES string of the molecule is CN(CCCNC(=O)Cc1csc(-c2cccs2)n1)c1ccccc1. The molecule has 1 N–H and O–H groups in total. The van der Waals surface area contributed by atoms with Crippen LogP contribution in [0.25, 0.3) is 9.88 Å². The maximum Gasteiger partial charge on any atom is 0.226 e. The summed E-state index contributed by atoms with van der Waals surface area (Å²) in [7, 11) is 2.07. The first-order valence-electron chi connectivity index (χ1n) is 8.23. The largest absolute Gasteiger partial charge is 0.375 e. The highest BCUT2D eigenvalue weighted by Crippen LogP contribution is 2.27. The molecule has 0 bridgehead atoms. The van der Waals surface area contributed by atoms with Crippen LogP contribution in [0.3, 0.4) is 0 Å². The molecule has 4 nitrogen and oxygen atoms in total. The van der Waals surface area contributed by atoms with Crippen molar-refractivity contribution in [2.75, 3.05) is 25.0 Å². The van der Waals surface area contributed by atoms with E-state index < -0.39 is 0 Å². The van der Waals surface area contributed by atoms with E-state index >= 15 is 0 Å². The first kappa shape index (κ1) is 17.6. The van der Waals surface area contributed by atoms with E-state index in [9.17, 15) is 4.79 Å². The van der Waals surface area contributed by atoms with Gasteiger partial charge in [-0.05, 0) is 30.0 Å². The molecule has 1 aromatic carbocycles. The summed E-state index contributed by atoms with van der Waals surface area (Å²) in [4.78, 5) is 20.0.